The maximum atomic E-state index is 13.1. The number of nitro benzene ring substituents is 1. The Morgan fingerprint density at radius 3 is 2.54 bits per heavy atom. The SMILES string of the molecule is CCCOc1cc(C2/C(=C(\O)c3cccc([N+](=O)[O-])c3)C(=O)C(=O)N2CCN(C)C)ccc1OC. The molecule has 0 aromatic heterocycles. The van der Waals surface area contributed by atoms with E-state index in [4.69, 9.17) is 9.47 Å². The summed E-state index contributed by atoms with van der Waals surface area (Å²) in [4.78, 5) is 40.1. The Hall–Kier alpha value is -3.92. The highest BCUT2D eigenvalue weighted by Gasteiger charge is 2.46. The largest absolute Gasteiger partial charge is 0.507 e. The van der Waals surface area contributed by atoms with E-state index in [2.05, 4.69) is 0 Å². The number of rotatable bonds is 10. The first-order chi connectivity index (χ1) is 16.7. The minimum atomic E-state index is -0.913. The summed E-state index contributed by atoms with van der Waals surface area (Å²) in [7, 11) is 5.21. The molecule has 1 fully saturated rings. The maximum absolute atomic E-state index is 13.1. The first kappa shape index (κ1) is 25.7. The minimum Gasteiger partial charge on any atom is -0.507 e. The van der Waals surface area contributed by atoms with E-state index in [1.54, 1.807) is 18.2 Å². The van der Waals surface area contributed by atoms with Crippen LogP contribution in [0.15, 0.2) is 48.0 Å². The summed E-state index contributed by atoms with van der Waals surface area (Å²) in [5.41, 5.74) is 0.237. The number of likely N-dealkylation sites (N-methyl/N-ethyl adjacent to an activating group) is 1. The van der Waals surface area contributed by atoms with Gasteiger partial charge in [-0.1, -0.05) is 25.1 Å². The number of aliphatic hydroxyl groups is 1. The molecule has 1 aliphatic rings. The third-order valence-corrected chi connectivity index (χ3v) is 5.62. The van der Waals surface area contributed by atoms with E-state index in [0.717, 1.165) is 6.42 Å². The van der Waals surface area contributed by atoms with Gasteiger partial charge in [0.05, 0.1) is 30.3 Å². The molecular formula is C25H29N3O7. The second-order valence-corrected chi connectivity index (χ2v) is 8.36. The molecule has 35 heavy (non-hydrogen) atoms. The summed E-state index contributed by atoms with van der Waals surface area (Å²) < 4.78 is 11.2. The van der Waals surface area contributed by atoms with E-state index in [0.29, 0.717) is 30.2 Å². The van der Waals surface area contributed by atoms with E-state index in [1.165, 1.54) is 36.3 Å². The third kappa shape index (κ3) is 5.43. The maximum Gasteiger partial charge on any atom is 0.295 e. The van der Waals surface area contributed by atoms with Gasteiger partial charge in [0.2, 0.25) is 0 Å². The van der Waals surface area contributed by atoms with Crippen molar-refractivity contribution in [1.29, 1.82) is 0 Å². The fraction of sp³-hybridized carbons (Fsp3) is 0.360. The number of hydrogen-bond donors (Lipinski definition) is 1. The van der Waals surface area contributed by atoms with E-state index in [1.807, 2.05) is 25.9 Å². The zero-order chi connectivity index (χ0) is 25.7. The Balaban J connectivity index is 2.19. The molecule has 10 nitrogen and oxygen atoms in total. The first-order valence-electron chi connectivity index (χ1n) is 11.2. The van der Waals surface area contributed by atoms with Crippen LogP contribution in [0.3, 0.4) is 0 Å². The van der Waals surface area contributed by atoms with Gasteiger partial charge >= 0.3 is 0 Å². The Morgan fingerprint density at radius 2 is 1.91 bits per heavy atom. The number of benzene rings is 2. The number of ether oxygens (including phenoxy) is 2. The lowest BCUT2D eigenvalue weighted by Gasteiger charge is -2.27. The van der Waals surface area contributed by atoms with Crippen LogP contribution in [0.2, 0.25) is 0 Å². The van der Waals surface area contributed by atoms with Crippen LogP contribution >= 0.6 is 0 Å². The standard InChI is InChI=1S/C25H29N3O7/c1-5-13-35-20-15-16(9-10-19(20)34-4)22-21(24(30)25(31)27(22)12-11-26(2)3)23(29)17-7-6-8-18(14-17)28(32)33/h6-10,14-15,22,29H,5,11-13H2,1-4H3/b23-21+. The van der Waals surface area contributed by atoms with Crippen molar-refractivity contribution in [3.63, 3.8) is 0 Å². The van der Waals surface area contributed by atoms with Gasteiger partial charge in [-0.25, -0.2) is 0 Å². The van der Waals surface area contributed by atoms with Gasteiger partial charge in [-0.3, -0.25) is 19.7 Å². The molecule has 10 heteroatoms. The molecule has 1 N–H and O–H groups in total. The number of amides is 1. The lowest BCUT2D eigenvalue weighted by Crippen LogP contribution is -2.35. The molecule has 186 valence electrons. The number of methoxy groups -OCH3 is 1. The number of carbonyl (C=O) groups is 2. The molecule has 1 amide bonds. The van der Waals surface area contributed by atoms with Gasteiger partial charge in [0.15, 0.2) is 11.5 Å². The highest BCUT2D eigenvalue weighted by atomic mass is 16.6. The molecule has 2 aromatic carbocycles. The van der Waals surface area contributed by atoms with Crippen LogP contribution in [-0.4, -0.2) is 72.4 Å². The van der Waals surface area contributed by atoms with Crippen LogP contribution in [0.1, 0.15) is 30.5 Å². The molecule has 2 aromatic rings. The Labute approximate surface area is 203 Å². The minimum absolute atomic E-state index is 0.0748. The number of carbonyl (C=O) groups excluding carboxylic acids is 2. The van der Waals surface area contributed by atoms with Gasteiger partial charge in [-0.2, -0.15) is 0 Å². The topological polar surface area (TPSA) is 122 Å². The van der Waals surface area contributed by atoms with Gasteiger partial charge in [0, 0.05) is 30.8 Å². The Bertz CT molecular complexity index is 1160. The lowest BCUT2D eigenvalue weighted by molar-refractivity contribution is -0.384. The van der Waals surface area contributed by atoms with Crippen molar-refractivity contribution in [2.45, 2.75) is 19.4 Å². The van der Waals surface area contributed by atoms with Crippen molar-refractivity contribution >= 4 is 23.1 Å². The van der Waals surface area contributed by atoms with Gasteiger partial charge in [0.25, 0.3) is 17.4 Å². The van der Waals surface area contributed by atoms with E-state index in [-0.39, 0.29) is 23.4 Å². The van der Waals surface area contributed by atoms with Crippen molar-refractivity contribution in [3.05, 3.63) is 69.3 Å². The second-order valence-electron chi connectivity index (χ2n) is 8.36. The average Bonchev–Trinajstić information content (AvgIpc) is 3.10. The van der Waals surface area contributed by atoms with E-state index < -0.39 is 28.4 Å². The predicted molar refractivity (Wildman–Crippen MR) is 129 cm³/mol. The normalized spacial score (nSPS) is 17.2. The molecule has 0 radical (unpaired) electrons. The first-order valence-corrected chi connectivity index (χ1v) is 11.2. The van der Waals surface area contributed by atoms with Gasteiger partial charge in [-0.05, 0) is 38.2 Å². The second kappa shape index (κ2) is 11.0. The molecule has 1 unspecified atom stereocenters. The van der Waals surface area contributed by atoms with Crippen molar-refractivity contribution in [2.24, 2.45) is 0 Å². The number of ketones is 1. The summed E-state index contributed by atoms with van der Waals surface area (Å²) in [6.07, 6.45) is 0.765. The molecule has 1 saturated heterocycles. The highest BCUT2D eigenvalue weighted by Crippen LogP contribution is 2.42. The zero-order valence-electron chi connectivity index (χ0n) is 20.2. The number of hydrogen-bond acceptors (Lipinski definition) is 8. The van der Waals surface area contributed by atoms with Crippen LogP contribution in [0, 0.1) is 10.1 Å². The summed E-state index contributed by atoms with van der Waals surface area (Å²) >= 11 is 0. The van der Waals surface area contributed by atoms with Crippen LogP contribution < -0.4 is 9.47 Å². The quantitative estimate of drug-likeness (QED) is 0.179. The molecule has 1 heterocycles. The Kier molecular flexibility index (Phi) is 8.08. The van der Waals surface area contributed by atoms with E-state index in [9.17, 15) is 24.8 Å². The third-order valence-electron chi connectivity index (χ3n) is 5.62. The van der Waals surface area contributed by atoms with Crippen LogP contribution in [0.5, 0.6) is 11.5 Å². The fourth-order valence-electron chi connectivity index (χ4n) is 3.88. The number of nitrogens with zero attached hydrogens (tertiary/aromatic N) is 3. The van der Waals surface area contributed by atoms with Gasteiger partial charge in [-0.15, -0.1) is 0 Å². The average molecular weight is 484 g/mol. The van der Waals surface area contributed by atoms with Crippen molar-refractivity contribution in [3.8, 4) is 11.5 Å². The molecule has 0 bridgehead atoms. The molecular weight excluding hydrogens is 454 g/mol. The summed E-state index contributed by atoms with van der Waals surface area (Å²) in [5, 5.41) is 22.4. The molecule has 0 saturated carbocycles. The summed E-state index contributed by atoms with van der Waals surface area (Å²) in [6, 6.07) is 9.48. The number of non-ortho nitro benzene ring substituents is 1. The molecule has 1 atom stereocenters. The van der Waals surface area contributed by atoms with Crippen LogP contribution in [0.25, 0.3) is 5.76 Å². The zero-order valence-corrected chi connectivity index (χ0v) is 20.2. The van der Waals surface area contributed by atoms with Crippen molar-refractivity contribution in [1.82, 2.24) is 9.80 Å². The van der Waals surface area contributed by atoms with E-state index >= 15 is 0 Å². The summed E-state index contributed by atoms with van der Waals surface area (Å²) in [6.45, 7) is 3.11. The van der Waals surface area contributed by atoms with Gasteiger partial charge < -0.3 is 24.4 Å². The fourth-order valence-corrected chi connectivity index (χ4v) is 3.88. The van der Waals surface area contributed by atoms with Crippen LogP contribution in [-0.2, 0) is 9.59 Å². The molecule has 3 rings (SSSR count). The van der Waals surface area contributed by atoms with Gasteiger partial charge in [0.1, 0.15) is 5.76 Å². The van der Waals surface area contributed by atoms with Crippen molar-refractivity contribution < 1.29 is 29.1 Å². The summed E-state index contributed by atoms with van der Waals surface area (Å²) in [5.74, 6) is -1.15. The number of nitro groups is 1. The monoisotopic (exact) mass is 483 g/mol. The van der Waals surface area contributed by atoms with Crippen molar-refractivity contribution in [2.75, 3.05) is 40.9 Å². The molecule has 0 aliphatic carbocycles. The highest BCUT2D eigenvalue weighted by molar-refractivity contribution is 6.46. The number of likely N-dealkylation sites (tertiary alicyclic amines) is 1. The molecule has 1 aliphatic heterocycles. The smallest absolute Gasteiger partial charge is 0.295 e. The number of Topliss-reactive ketones (excluding diaryl/α,β-unsaturated/α-hetero) is 1. The number of aliphatic hydroxyl groups excluding tert-OH is 1. The Morgan fingerprint density at radius 1 is 1.17 bits per heavy atom. The lowest BCUT2D eigenvalue weighted by atomic mass is 9.95. The predicted octanol–water partition coefficient (Wildman–Crippen LogP) is 3.38. The molecule has 0 spiro atoms. The van der Waals surface area contributed by atoms with Crippen LogP contribution in [0.4, 0.5) is 5.69 Å².